The first-order valence-corrected chi connectivity index (χ1v) is 5.11. The molecule has 1 aliphatic rings. The van der Waals surface area contributed by atoms with Crippen LogP contribution in [-0.4, -0.2) is 36.5 Å². The van der Waals surface area contributed by atoms with Gasteiger partial charge in [0.2, 0.25) is 0 Å². The minimum Gasteiger partial charge on any atom is -0.441 e. The van der Waals surface area contributed by atoms with Gasteiger partial charge in [-0.15, -0.1) is 0 Å². The van der Waals surface area contributed by atoms with Crippen LogP contribution in [0.5, 0.6) is 0 Å². The molecule has 0 radical (unpaired) electrons. The fourth-order valence-corrected chi connectivity index (χ4v) is 1.51. The summed E-state index contributed by atoms with van der Waals surface area (Å²) >= 11 is 0. The third-order valence-electron chi connectivity index (χ3n) is 2.26. The summed E-state index contributed by atoms with van der Waals surface area (Å²) in [7, 11) is 0. The Kier molecular flexibility index (Phi) is 4.43. The van der Waals surface area contributed by atoms with Crippen molar-refractivity contribution in [2.24, 2.45) is 0 Å². The molecule has 4 nitrogen and oxygen atoms in total. The van der Waals surface area contributed by atoms with E-state index in [9.17, 15) is 9.59 Å². The van der Waals surface area contributed by atoms with Crippen LogP contribution in [0.15, 0.2) is 0 Å². The molecule has 0 unspecified atom stereocenters. The highest BCUT2D eigenvalue weighted by atomic mass is 16.6. The molecule has 0 aliphatic carbocycles. The summed E-state index contributed by atoms with van der Waals surface area (Å²) in [6.45, 7) is 2.83. The molecule has 0 atom stereocenters. The van der Waals surface area contributed by atoms with E-state index in [0.717, 1.165) is 25.9 Å². The van der Waals surface area contributed by atoms with Crippen LogP contribution >= 0.6 is 0 Å². The van der Waals surface area contributed by atoms with E-state index in [1.807, 2.05) is 0 Å². The van der Waals surface area contributed by atoms with Crippen molar-refractivity contribution in [3.8, 4) is 0 Å². The van der Waals surface area contributed by atoms with Crippen LogP contribution in [-0.2, 0) is 9.53 Å². The predicted molar refractivity (Wildman–Crippen MR) is 52.1 cm³/mol. The molecule has 80 valence electrons. The number of rotatable bonds is 2. The average Bonchev–Trinajstić information content (AvgIpc) is 2.42. The number of amides is 1. The van der Waals surface area contributed by atoms with Gasteiger partial charge in [0.05, 0.1) is 0 Å². The Bertz CT molecular complexity index is 207. The van der Waals surface area contributed by atoms with Gasteiger partial charge in [0.15, 0.2) is 12.4 Å². The molecule has 1 saturated heterocycles. The molecule has 1 heterocycles. The highest BCUT2D eigenvalue weighted by Gasteiger charge is 2.16. The van der Waals surface area contributed by atoms with Crippen molar-refractivity contribution < 1.29 is 14.3 Å². The lowest BCUT2D eigenvalue weighted by Gasteiger charge is -2.18. The molecule has 1 rings (SSSR count). The number of hydrogen-bond donors (Lipinski definition) is 0. The molecule has 0 bridgehead atoms. The zero-order chi connectivity index (χ0) is 10.4. The molecule has 0 N–H and O–H groups in total. The second-order valence-corrected chi connectivity index (χ2v) is 3.66. The summed E-state index contributed by atoms with van der Waals surface area (Å²) in [6, 6.07) is 0. The van der Waals surface area contributed by atoms with Gasteiger partial charge in [-0.3, -0.25) is 4.79 Å². The Hall–Kier alpha value is -1.06. The van der Waals surface area contributed by atoms with Crippen molar-refractivity contribution >= 4 is 11.9 Å². The fraction of sp³-hybridized carbons (Fsp3) is 0.800. The van der Waals surface area contributed by atoms with Gasteiger partial charge < -0.3 is 9.64 Å². The minimum atomic E-state index is -0.345. The molecule has 4 heteroatoms. The maximum atomic E-state index is 11.4. The number of likely N-dealkylation sites (tertiary alicyclic amines) is 1. The van der Waals surface area contributed by atoms with Crippen molar-refractivity contribution in [1.29, 1.82) is 0 Å². The van der Waals surface area contributed by atoms with Crippen molar-refractivity contribution in [2.45, 2.75) is 32.6 Å². The minimum absolute atomic E-state index is 0.102. The lowest BCUT2D eigenvalue weighted by molar-refractivity contribution is -0.120. The third-order valence-corrected chi connectivity index (χ3v) is 2.26. The van der Waals surface area contributed by atoms with E-state index in [2.05, 4.69) is 0 Å². The van der Waals surface area contributed by atoms with E-state index >= 15 is 0 Å². The van der Waals surface area contributed by atoms with Crippen LogP contribution in [0.3, 0.4) is 0 Å². The summed E-state index contributed by atoms with van der Waals surface area (Å²) in [6.07, 6.45) is 4.08. The molecule has 0 aromatic heterocycles. The molecule has 0 saturated carbocycles. The Morgan fingerprint density at radius 2 is 1.71 bits per heavy atom. The maximum Gasteiger partial charge on any atom is 0.410 e. The van der Waals surface area contributed by atoms with Gasteiger partial charge in [0.25, 0.3) is 0 Å². The van der Waals surface area contributed by atoms with Gasteiger partial charge in [-0.1, -0.05) is 12.8 Å². The Labute approximate surface area is 84.2 Å². The van der Waals surface area contributed by atoms with Crippen LogP contribution in [0, 0.1) is 0 Å². The predicted octanol–water partition coefficient (Wildman–Crippen LogP) is 1.59. The highest BCUT2D eigenvalue weighted by Crippen LogP contribution is 2.10. The van der Waals surface area contributed by atoms with E-state index in [-0.39, 0.29) is 18.5 Å². The zero-order valence-corrected chi connectivity index (χ0v) is 8.62. The molecule has 1 amide bonds. The van der Waals surface area contributed by atoms with E-state index in [0.29, 0.717) is 0 Å². The molecular weight excluding hydrogens is 182 g/mol. The number of ketones is 1. The van der Waals surface area contributed by atoms with Crippen molar-refractivity contribution in [1.82, 2.24) is 4.90 Å². The number of ether oxygens (including phenoxy) is 1. The zero-order valence-electron chi connectivity index (χ0n) is 8.62. The van der Waals surface area contributed by atoms with Gasteiger partial charge in [-0.05, 0) is 19.8 Å². The summed E-state index contributed by atoms with van der Waals surface area (Å²) in [5.41, 5.74) is 0. The molecule has 0 aromatic carbocycles. The van der Waals surface area contributed by atoms with Crippen LogP contribution in [0.2, 0.25) is 0 Å². The monoisotopic (exact) mass is 199 g/mol. The number of carbonyl (C=O) groups is 2. The van der Waals surface area contributed by atoms with Crippen molar-refractivity contribution in [3.63, 3.8) is 0 Å². The van der Waals surface area contributed by atoms with Crippen LogP contribution in [0.1, 0.15) is 32.6 Å². The molecule has 0 spiro atoms. The topological polar surface area (TPSA) is 46.6 Å². The fourth-order valence-electron chi connectivity index (χ4n) is 1.51. The van der Waals surface area contributed by atoms with Gasteiger partial charge in [0, 0.05) is 13.1 Å². The van der Waals surface area contributed by atoms with Crippen LogP contribution in [0.4, 0.5) is 4.79 Å². The standard InChI is InChI=1S/C10H17NO3/c1-9(12)8-14-10(13)11-6-4-2-3-5-7-11/h2-8H2,1H3. The largest absolute Gasteiger partial charge is 0.441 e. The summed E-state index contributed by atoms with van der Waals surface area (Å²) in [4.78, 5) is 23.7. The lowest BCUT2D eigenvalue weighted by atomic mass is 10.2. The van der Waals surface area contributed by atoms with Crippen LogP contribution < -0.4 is 0 Å². The van der Waals surface area contributed by atoms with Gasteiger partial charge in [-0.2, -0.15) is 0 Å². The molecular formula is C10H17NO3. The Balaban J connectivity index is 2.30. The average molecular weight is 199 g/mol. The second-order valence-electron chi connectivity index (χ2n) is 3.66. The SMILES string of the molecule is CC(=O)COC(=O)N1CCCCCC1. The second kappa shape index (κ2) is 5.62. The van der Waals surface area contributed by atoms with E-state index < -0.39 is 0 Å². The van der Waals surface area contributed by atoms with Crippen molar-refractivity contribution in [3.05, 3.63) is 0 Å². The third kappa shape index (κ3) is 3.77. The summed E-state index contributed by atoms with van der Waals surface area (Å²) in [5, 5.41) is 0. The quantitative estimate of drug-likeness (QED) is 0.678. The first kappa shape index (κ1) is 11.0. The number of nitrogens with zero attached hydrogens (tertiary/aromatic N) is 1. The first-order valence-electron chi connectivity index (χ1n) is 5.11. The molecule has 1 aliphatic heterocycles. The van der Waals surface area contributed by atoms with Gasteiger partial charge in [0.1, 0.15) is 0 Å². The van der Waals surface area contributed by atoms with Gasteiger partial charge in [-0.25, -0.2) is 4.79 Å². The Morgan fingerprint density at radius 1 is 1.14 bits per heavy atom. The van der Waals surface area contributed by atoms with Crippen LogP contribution in [0.25, 0.3) is 0 Å². The maximum absolute atomic E-state index is 11.4. The van der Waals surface area contributed by atoms with E-state index in [1.165, 1.54) is 19.8 Å². The molecule has 0 aromatic rings. The smallest absolute Gasteiger partial charge is 0.410 e. The van der Waals surface area contributed by atoms with E-state index in [1.54, 1.807) is 4.90 Å². The lowest BCUT2D eigenvalue weighted by Crippen LogP contribution is -2.33. The number of Topliss-reactive ketones (excluding diaryl/α,β-unsaturated/α-hetero) is 1. The van der Waals surface area contributed by atoms with Crippen molar-refractivity contribution in [2.75, 3.05) is 19.7 Å². The first-order chi connectivity index (χ1) is 6.70. The molecule has 14 heavy (non-hydrogen) atoms. The highest BCUT2D eigenvalue weighted by molar-refractivity contribution is 5.79. The molecule has 1 fully saturated rings. The summed E-state index contributed by atoms with van der Waals surface area (Å²) < 4.78 is 4.84. The van der Waals surface area contributed by atoms with E-state index in [4.69, 9.17) is 4.74 Å². The Morgan fingerprint density at radius 3 is 2.21 bits per heavy atom. The summed E-state index contributed by atoms with van der Waals surface area (Å²) in [5.74, 6) is -0.117. The van der Waals surface area contributed by atoms with Gasteiger partial charge >= 0.3 is 6.09 Å². The number of carbonyl (C=O) groups excluding carboxylic acids is 2. The normalized spacial score (nSPS) is 17.4. The number of hydrogen-bond acceptors (Lipinski definition) is 3.